The van der Waals surface area contributed by atoms with Crippen LogP contribution in [0, 0.1) is 0 Å². The number of benzene rings is 1. The fraction of sp³-hybridized carbons (Fsp3) is 0.400. The first kappa shape index (κ1) is 18.4. The molecule has 1 fully saturated rings. The van der Waals surface area contributed by atoms with Crippen molar-refractivity contribution in [3.8, 4) is 5.75 Å². The van der Waals surface area contributed by atoms with E-state index in [4.69, 9.17) is 4.74 Å². The number of hydrogen-bond donors (Lipinski definition) is 1. The zero-order chi connectivity index (χ0) is 18.4. The van der Waals surface area contributed by atoms with Gasteiger partial charge in [-0.3, -0.25) is 9.78 Å². The summed E-state index contributed by atoms with van der Waals surface area (Å²) in [4.78, 5) is 20.5. The van der Waals surface area contributed by atoms with E-state index in [0.717, 1.165) is 5.69 Å². The van der Waals surface area contributed by atoms with Gasteiger partial charge in [0.25, 0.3) is 0 Å². The highest BCUT2D eigenvalue weighted by molar-refractivity contribution is 5.76. The molecule has 6 heteroatoms. The number of pyridine rings is 1. The molecule has 0 aliphatic carbocycles. The van der Waals surface area contributed by atoms with E-state index < -0.39 is 6.10 Å². The number of amides is 1. The van der Waals surface area contributed by atoms with Crippen LogP contribution >= 0.6 is 0 Å². The van der Waals surface area contributed by atoms with Gasteiger partial charge in [0.15, 0.2) is 0 Å². The average Bonchev–Trinajstić information content (AvgIpc) is 3.02. The number of aliphatic hydroxyl groups excluding tert-OH is 1. The maximum atomic E-state index is 12.5. The number of β-amino-alcohol motifs (C(OH)–C–C–N with tert-alkyl or cyclic N) is 1. The number of likely N-dealkylation sites (tertiary alicyclic amines) is 1. The van der Waals surface area contributed by atoms with Crippen LogP contribution in [0.1, 0.15) is 12.1 Å². The molecule has 3 rings (SSSR count). The van der Waals surface area contributed by atoms with E-state index in [1.54, 1.807) is 11.1 Å². The van der Waals surface area contributed by atoms with Crippen LogP contribution < -0.4 is 4.74 Å². The maximum absolute atomic E-state index is 12.5. The summed E-state index contributed by atoms with van der Waals surface area (Å²) in [6.07, 6.45) is 1.14. The van der Waals surface area contributed by atoms with Crippen molar-refractivity contribution < 1.29 is 14.6 Å². The highest BCUT2D eigenvalue weighted by Crippen LogP contribution is 2.19. The summed E-state index contributed by atoms with van der Waals surface area (Å²) >= 11 is 0. The van der Waals surface area contributed by atoms with E-state index in [1.165, 1.54) is 0 Å². The molecule has 2 atom stereocenters. The molecule has 1 aliphatic heterocycles. The summed E-state index contributed by atoms with van der Waals surface area (Å²) < 4.78 is 5.81. The van der Waals surface area contributed by atoms with Crippen LogP contribution in [0.2, 0.25) is 0 Å². The summed E-state index contributed by atoms with van der Waals surface area (Å²) in [5, 5.41) is 10.2. The summed E-state index contributed by atoms with van der Waals surface area (Å²) in [7, 11) is 1.97. The zero-order valence-electron chi connectivity index (χ0n) is 15.0. The molecule has 0 unspecified atom stereocenters. The third-order valence-corrected chi connectivity index (χ3v) is 4.49. The van der Waals surface area contributed by atoms with Gasteiger partial charge in [-0.05, 0) is 31.3 Å². The highest BCUT2D eigenvalue weighted by atomic mass is 16.5. The summed E-state index contributed by atoms with van der Waals surface area (Å²) in [5.41, 5.74) is 0.982. The molecule has 1 aromatic heterocycles. The minimum atomic E-state index is -0.662. The molecular formula is C20H25N3O3. The Balaban J connectivity index is 1.45. The monoisotopic (exact) mass is 355 g/mol. The summed E-state index contributed by atoms with van der Waals surface area (Å²) in [5.74, 6) is 0.747. The highest BCUT2D eigenvalue weighted by Gasteiger charge is 2.35. The molecule has 2 heterocycles. The second-order valence-electron chi connectivity index (χ2n) is 6.64. The lowest BCUT2D eigenvalue weighted by atomic mass is 10.2. The van der Waals surface area contributed by atoms with Crippen molar-refractivity contribution in [1.82, 2.24) is 14.8 Å². The van der Waals surface area contributed by atoms with Gasteiger partial charge in [0.05, 0.1) is 18.8 Å². The van der Waals surface area contributed by atoms with E-state index in [9.17, 15) is 9.90 Å². The number of ether oxygens (including phenoxy) is 1. The molecule has 0 radical (unpaired) electrons. The molecule has 6 nitrogen and oxygen atoms in total. The van der Waals surface area contributed by atoms with Gasteiger partial charge >= 0.3 is 0 Å². The Hall–Kier alpha value is -2.44. The second kappa shape index (κ2) is 8.78. The molecule has 1 N–H and O–H groups in total. The minimum Gasteiger partial charge on any atom is -0.486 e. The third kappa shape index (κ3) is 5.03. The summed E-state index contributed by atoms with van der Waals surface area (Å²) in [6.45, 7) is 2.09. The predicted octanol–water partition coefficient (Wildman–Crippen LogP) is 1.55. The predicted molar refractivity (Wildman–Crippen MR) is 98.6 cm³/mol. The zero-order valence-corrected chi connectivity index (χ0v) is 15.0. The second-order valence-corrected chi connectivity index (χ2v) is 6.64. The van der Waals surface area contributed by atoms with Crippen molar-refractivity contribution in [3.63, 3.8) is 0 Å². The topological polar surface area (TPSA) is 65.9 Å². The van der Waals surface area contributed by atoms with E-state index in [0.29, 0.717) is 38.3 Å². The molecule has 0 spiro atoms. The maximum Gasteiger partial charge on any atom is 0.224 e. The van der Waals surface area contributed by atoms with Crippen LogP contribution in [0.3, 0.4) is 0 Å². The van der Waals surface area contributed by atoms with Crippen LogP contribution in [0.4, 0.5) is 0 Å². The third-order valence-electron chi connectivity index (χ3n) is 4.49. The largest absolute Gasteiger partial charge is 0.486 e. The number of hydrogen-bond acceptors (Lipinski definition) is 5. The van der Waals surface area contributed by atoms with E-state index in [1.807, 2.05) is 55.6 Å². The fourth-order valence-corrected chi connectivity index (χ4v) is 3.04. The van der Waals surface area contributed by atoms with Crippen LogP contribution in [0.5, 0.6) is 5.75 Å². The SMILES string of the molecule is CN(CCC(=O)N1C[C@@H](O)[C@H](Oc2ccccc2)C1)Cc1ccccn1. The number of nitrogens with zero attached hydrogens (tertiary/aromatic N) is 3. The quantitative estimate of drug-likeness (QED) is 0.816. The normalized spacial score (nSPS) is 19.7. The Bertz CT molecular complexity index is 696. The van der Waals surface area contributed by atoms with Gasteiger partial charge in [-0.1, -0.05) is 24.3 Å². The Labute approximate surface area is 154 Å². The van der Waals surface area contributed by atoms with Gasteiger partial charge in [0.2, 0.25) is 5.91 Å². The van der Waals surface area contributed by atoms with Gasteiger partial charge in [0.1, 0.15) is 18.0 Å². The van der Waals surface area contributed by atoms with Crippen LogP contribution in [0.15, 0.2) is 54.7 Å². The van der Waals surface area contributed by atoms with Gasteiger partial charge in [-0.15, -0.1) is 0 Å². The van der Waals surface area contributed by atoms with Gasteiger partial charge in [0, 0.05) is 25.7 Å². The van der Waals surface area contributed by atoms with Crippen molar-refractivity contribution >= 4 is 5.91 Å². The van der Waals surface area contributed by atoms with Crippen molar-refractivity contribution in [2.75, 3.05) is 26.7 Å². The van der Waals surface area contributed by atoms with E-state index >= 15 is 0 Å². The van der Waals surface area contributed by atoms with E-state index in [2.05, 4.69) is 9.88 Å². The van der Waals surface area contributed by atoms with Gasteiger partial charge in [-0.25, -0.2) is 0 Å². The lowest BCUT2D eigenvalue weighted by Gasteiger charge is -2.20. The average molecular weight is 355 g/mol. The number of carbonyl (C=O) groups is 1. The molecule has 1 saturated heterocycles. The number of aliphatic hydroxyl groups is 1. The Kier molecular flexibility index (Phi) is 6.20. The Morgan fingerprint density at radius 3 is 2.73 bits per heavy atom. The number of aromatic nitrogens is 1. The number of para-hydroxylation sites is 1. The lowest BCUT2D eigenvalue weighted by Crippen LogP contribution is -2.33. The van der Waals surface area contributed by atoms with Crippen LogP contribution in [0.25, 0.3) is 0 Å². The van der Waals surface area contributed by atoms with Gasteiger partial charge < -0.3 is 19.6 Å². The van der Waals surface area contributed by atoms with E-state index in [-0.39, 0.29) is 12.0 Å². The molecule has 26 heavy (non-hydrogen) atoms. The number of carbonyl (C=O) groups excluding carboxylic acids is 1. The molecule has 1 aliphatic rings. The van der Waals surface area contributed by atoms with Crippen LogP contribution in [-0.4, -0.2) is 64.7 Å². The number of rotatable bonds is 7. The molecular weight excluding hydrogens is 330 g/mol. The molecule has 0 bridgehead atoms. The van der Waals surface area contributed by atoms with Crippen molar-refractivity contribution in [2.45, 2.75) is 25.2 Å². The molecule has 1 aromatic carbocycles. The Morgan fingerprint density at radius 2 is 2.00 bits per heavy atom. The Morgan fingerprint density at radius 1 is 1.23 bits per heavy atom. The smallest absolute Gasteiger partial charge is 0.224 e. The minimum absolute atomic E-state index is 0.0380. The summed E-state index contributed by atoms with van der Waals surface area (Å²) in [6, 6.07) is 15.2. The first-order valence-electron chi connectivity index (χ1n) is 8.88. The van der Waals surface area contributed by atoms with Crippen molar-refractivity contribution in [2.24, 2.45) is 0 Å². The first-order valence-corrected chi connectivity index (χ1v) is 8.88. The molecule has 0 saturated carbocycles. The molecule has 138 valence electrons. The van der Waals surface area contributed by atoms with Gasteiger partial charge in [-0.2, -0.15) is 0 Å². The van der Waals surface area contributed by atoms with Crippen molar-refractivity contribution in [1.29, 1.82) is 0 Å². The lowest BCUT2D eigenvalue weighted by molar-refractivity contribution is -0.131. The fourth-order valence-electron chi connectivity index (χ4n) is 3.04. The van der Waals surface area contributed by atoms with Crippen LogP contribution in [-0.2, 0) is 11.3 Å². The van der Waals surface area contributed by atoms with Crippen molar-refractivity contribution in [3.05, 3.63) is 60.4 Å². The first-order chi connectivity index (χ1) is 12.6. The molecule has 2 aromatic rings. The standard InChI is InChI=1S/C20H25N3O3/c1-22(13-16-7-5-6-11-21-16)12-10-20(25)23-14-18(24)19(15-23)26-17-8-3-2-4-9-17/h2-9,11,18-19,24H,10,12-15H2,1H3/t18-,19-/m1/s1. The molecule has 1 amide bonds.